The minimum atomic E-state index is 0.467. The van der Waals surface area contributed by atoms with Crippen LogP contribution in [-0.2, 0) is 13.0 Å². The van der Waals surface area contributed by atoms with E-state index in [4.69, 9.17) is 4.98 Å². The minimum Gasteiger partial charge on any atom is -0.346 e. The number of hydrogen-bond acceptors (Lipinski definition) is 5. The predicted molar refractivity (Wildman–Crippen MR) is 92.5 cm³/mol. The third-order valence-electron chi connectivity index (χ3n) is 3.88. The van der Waals surface area contributed by atoms with Gasteiger partial charge in [-0.1, -0.05) is 13.0 Å². The second-order valence-electron chi connectivity index (χ2n) is 5.64. The van der Waals surface area contributed by atoms with Gasteiger partial charge in [-0.3, -0.25) is 0 Å². The molecule has 1 atom stereocenters. The summed E-state index contributed by atoms with van der Waals surface area (Å²) in [5.74, 6) is 0. The molecule has 21 heavy (non-hydrogen) atoms. The molecule has 114 valence electrons. The zero-order valence-electron chi connectivity index (χ0n) is 12.8. The largest absolute Gasteiger partial charge is 0.346 e. The Hall–Kier alpha value is -0.910. The Labute approximate surface area is 135 Å². The molecule has 2 aromatic heterocycles. The molecule has 0 amide bonds. The van der Waals surface area contributed by atoms with Crippen LogP contribution in [0.15, 0.2) is 17.5 Å². The molecule has 2 aromatic rings. The van der Waals surface area contributed by atoms with Gasteiger partial charge < -0.3 is 10.2 Å². The van der Waals surface area contributed by atoms with Crippen LogP contribution >= 0.6 is 22.7 Å². The molecule has 0 saturated carbocycles. The highest BCUT2D eigenvalue weighted by Gasteiger charge is 2.25. The lowest BCUT2D eigenvalue weighted by Crippen LogP contribution is -2.25. The van der Waals surface area contributed by atoms with Crippen molar-refractivity contribution in [3.05, 3.63) is 33.0 Å². The number of nitrogens with zero attached hydrogens (tertiary/aromatic N) is 2. The van der Waals surface area contributed by atoms with E-state index in [0.29, 0.717) is 6.04 Å². The van der Waals surface area contributed by atoms with Crippen LogP contribution in [0.3, 0.4) is 0 Å². The smallest absolute Gasteiger partial charge is 0.185 e. The van der Waals surface area contributed by atoms with Gasteiger partial charge in [0.1, 0.15) is 0 Å². The van der Waals surface area contributed by atoms with Crippen LogP contribution in [0.5, 0.6) is 0 Å². The third kappa shape index (κ3) is 3.47. The van der Waals surface area contributed by atoms with Gasteiger partial charge in [0.25, 0.3) is 0 Å². The van der Waals surface area contributed by atoms with Crippen molar-refractivity contribution in [3.8, 4) is 0 Å². The fourth-order valence-corrected chi connectivity index (χ4v) is 4.67. The number of nitrogens with one attached hydrogen (secondary N) is 1. The maximum Gasteiger partial charge on any atom is 0.185 e. The number of aromatic nitrogens is 1. The lowest BCUT2D eigenvalue weighted by molar-refractivity contribution is 0.454. The lowest BCUT2D eigenvalue weighted by atomic mass is 9.97. The van der Waals surface area contributed by atoms with Crippen molar-refractivity contribution in [3.63, 3.8) is 0 Å². The molecular formula is C16H23N3S2. The summed E-state index contributed by atoms with van der Waals surface area (Å²) < 4.78 is 0. The highest BCUT2D eigenvalue weighted by Crippen LogP contribution is 2.36. The van der Waals surface area contributed by atoms with Crippen LogP contribution in [0, 0.1) is 0 Å². The van der Waals surface area contributed by atoms with Crippen LogP contribution in [-0.4, -0.2) is 18.6 Å². The Kier molecular flexibility index (Phi) is 4.93. The zero-order chi connectivity index (χ0) is 14.7. The number of aryl methyl sites for hydroxylation is 1. The first kappa shape index (κ1) is 15.0. The van der Waals surface area contributed by atoms with E-state index in [2.05, 4.69) is 41.7 Å². The molecule has 2 heterocycles. The van der Waals surface area contributed by atoms with E-state index in [1.54, 1.807) is 0 Å². The van der Waals surface area contributed by atoms with Crippen molar-refractivity contribution in [1.82, 2.24) is 10.3 Å². The van der Waals surface area contributed by atoms with Gasteiger partial charge in [0.2, 0.25) is 0 Å². The van der Waals surface area contributed by atoms with Crippen LogP contribution in [0.2, 0.25) is 0 Å². The Bertz CT molecular complexity index is 562. The normalized spacial score (nSPS) is 17.7. The highest BCUT2D eigenvalue weighted by molar-refractivity contribution is 7.15. The van der Waals surface area contributed by atoms with Gasteiger partial charge in [-0.15, -0.1) is 22.7 Å². The van der Waals surface area contributed by atoms with Gasteiger partial charge >= 0.3 is 0 Å². The third-order valence-corrected chi connectivity index (χ3v) is 5.99. The molecule has 0 radical (unpaired) electrons. The molecule has 1 unspecified atom stereocenters. The number of thiazole rings is 1. The van der Waals surface area contributed by atoms with E-state index < -0.39 is 0 Å². The maximum absolute atomic E-state index is 4.95. The topological polar surface area (TPSA) is 28.2 Å². The van der Waals surface area contributed by atoms with Crippen LogP contribution in [0.1, 0.15) is 47.7 Å². The predicted octanol–water partition coefficient (Wildman–Crippen LogP) is 4.22. The van der Waals surface area contributed by atoms with Crippen molar-refractivity contribution in [2.45, 2.75) is 45.2 Å². The summed E-state index contributed by atoms with van der Waals surface area (Å²) in [6.07, 6.45) is 4.89. The van der Waals surface area contributed by atoms with Crippen molar-refractivity contribution < 1.29 is 0 Å². The standard InChI is InChI=1S/C16H23N3S2/c1-3-9-17-13-7-4-8-14-15(13)18-16(21-14)19(2)11-12-6-5-10-20-12/h5-6,10,13,17H,3-4,7-9,11H2,1-2H3. The molecule has 1 aliphatic rings. The molecule has 3 rings (SSSR count). The second kappa shape index (κ2) is 6.90. The first-order valence-electron chi connectivity index (χ1n) is 7.74. The number of rotatable bonds is 6. The van der Waals surface area contributed by atoms with Gasteiger partial charge in [-0.2, -0.15) is 0 Å². The number of hydrogen-bond donors (Lipinski definition) is 1. The lowest BCUT2D eigenvalue weighted by Gasteiger charge is -2.22. The Morgan fingerprint density at radius 3 is 3.14 bits per heavy atom. The number of fused-ring (bicyclic) bond motifs is 1. The van der Waals surface area contributed by atoms with E-state index in [1.807, 2.05) is 22.7 Å². The first-order valence-corrected chi connectivity index (χ1v) is 9.44. The van der Waals surface area contributed by atoms with E-state index in [0.717, 1.165) is 13.1 Å². The minimum absolute atomic E-state index is 0.467. The molecule has 0 fully saturated rings. The van der Waals surface area contributed by atoms with Gasteiger partial charge in [0.05, 0.1) is 18.3 Å². The van der Waals surface area contributed by atoms with Gasteiger partial charge in [-0.05, 0) is 43.7 Å². The summed E-state index contributed by atoms with van der Waals surface area (Å²) in [5.41, 5.74) is 1.31. The Balaban J connectivity index is 1.74. The number of anilines is 1. The average Bonchev–Trinajstić information content (AvgIpc) is 3.13. The maximum atomic E-state index is 4.95. The van der Waals surface area contributed by atoms with Crippen molar-refractivity contribution >= 4 is 27.8 Å². The molecule has 0 aromatic carbocycles. The van der Waals surface area contributed by atoms with Gasteiger partial charge in [0, 0.05) is 16.8 Å². The SMILES string of the molecule is CCCNC1CCCc2sc(N(C)Cc3cccs3)nc21. The molecule has 1 N–H and O–H groups in total. The van der Waals surface area contributed by atoms with E-state index in [9.17, 15) is 0 Å². The summed E-state index contributed by atoms with van der Waals surface area (Å²) in [6, 6.07) is 4.78. The van der Waals surface area contributed by atoms with Crippen LogP contribution in [0.25, 0.3) is 0 Å². The molecule has 1 aliphatic carbocycles. The van der Waals surface area contributed by atoms with Crippen molar-refractivity contribution in [2.75, 3.05) is 18.5 Å². The quantitative estimate of drug-likeness (QED) is 0.863. The summed E-state index contributed by atoms with van der Waals surface area (Å²) >= 11 is 3.70. The Morgan fingerprint density at radius 1 is 1.48 bits per heavy atom. The monoisotopic (exact) mass is 321 g/mol. The first-order chi connectivity index (χ1) is 10.3. The zero-order valence-corrected chi connectivity index (χ0v) is 14.4. The fraction of sp³-hybridized carbons (Fsp3) is 0.562. The summed E-state index contributed by atoms with van der Waals surface area (Å²) in [4.78, 5) is 10.1. The molecule has 0 spiro atoms. The summed E-state index contributed by atoms with van der Waals surface area (Å²) in [6.45, 7) is 4.26. The number of thiophene rings is 1. The van der Waals surface area contributed by atoms with E-state index >= 15 is 0 Å². The van der Waals surface area contributed by atoms with Crippen molar-refractivity contribution in [2.24, 2.45) is 0 Å². The molecule has 0 saturated heterocycles. The molecular weight excluding hydrogens is 298 g/mol. The van der Waals surface area contributed by atoms with E-state index in [-0.39, 0.29) is 0 Å². The average molecular weight is 322 g/mol. The van der Waals surface area contributed by atoms with Crippen LogP contribution in [0.4, 0.5) is 5.13 Å². The second-order valence-corrected chi connectivity index (χ2v) is 7.73. The molecule has 3 nitrogen and oxygen atoms in total. The van der Waals surface area contributed by atoms with Gasteiger partial charge in [-0.25, -0.2) is 4.98 Å². The van der Waals surface area contributed by atoms with Crippen LogP contribution < -0.4 is 10.2 Å². The Morgan fingerprint density at radius 2 is 2.38 bits per heavy atom. The summed E-state index contributed by atoms with van der Waals surface area (Å²) in [7, 11) is 2.15. The summed E-state index contributed by atoms with van der Waals surface area (Å²) in [5, 5.41) is 6.96. The van der Waals surface area contributed by atoms with Gasteiger partial charge in [0.15, 0.2) is 5.13 Å². The molecule has 5 heteroatoms. The molecule has 0 aliphatic heterocycles. The molecule has 0 bridgehead atoms. The fourth-order valence-electron chi connectivity index (χ4n) is 2.79. The van der Waals surface area contributed by atoms with E-state index in [1.165, 1.54) is 46.3 Å². The van der Waals surface area contributed by atoms with Crippen molar-refractivity contribution in [1.29, 1.82) is 0 Å². The highest BCUT2D eigenvalue weighted by atomic mass is 32.1.